The molecule has 0 saturated heterocycles. The van der Waals surface area contributed by atoms with Gasteiger partial charge in [0.15, 0.2) is 5.82 Å². The van der Waals surface area contributed by atoms with Crippen LogP contribution < -0.4 is 4.72 Å². The van der Waals surface area contributed by atoms with Crippen LogP contribution >= 0.6 is 0 Å². The number of halogens is 1. The first-order valence-electron chi connectivity index (χ1n) is 4.96. The Balaban J connectivity index is 2.16. The van der Waals surface area contributed by atoms with E-state index in [9.17, 15) is 12.8 Å². The summed E-state index contributed by atoms with van der Waals surface area (Å²) in [6.45, 7) is -0.0772. The summed E-state index contributed by atoms with van der Waals surface area (Å²) in [5.41, 5.74) is 0.428. The van der Waals surface area contributed by atoms with Crippen LogP contribution in [-0.2, 0) is 16.6 Å². The van der Waals surface area contributed by atoms with Gasteiger partial charge in [0.05, 0.1) is 12.2 Å². The zero-order valence-electron chi connectivity index (χ0n) is 9.12. The number of sulfonamides is 1. The molecule has 0 unspecified atom stereocenters. The SMILES string of the molecule is O=S(=O)(NCc1cccnn1)c1ncccc1F. The first-order valence-corrected chi connectivity index (χ1v) is 6.45. The monoisotopic (exact) mass is 268 g/mol. The molecular formula is C10H9FN4O2S. The van der Waals surface area contributed by atoms with Crippen LogP contribution in [0.25, 0.3) is 0 Å². The molecule has 8 heteroatoms. The summed E-state index contributed by atoms with van der Waals surface area (Å²) < 4.78 is 39.0. The summed E-state index contributed by atoms with van der Waals surface area (Å²) in [5.74, 6) is -0.899. The molecule has 0 aliphatic rings. The van der Waals surface area contributed by atoms with Crippen LogP contribution in [0.2, 0.25) is 0 Å². The zero-order valence-corrected chi connectivity index (χ0v) is 9.93. The first-order chi connectivity index (χ1) is 8.59. The normalized spacial score (nSPS) is 11.4. The third-order valence-corrected chi connectivity index (χ3v) is 3.38. The van der Waals surface area contributed by atoms with Crippen molar-refractivity contribution in [3.05, 3.63) is 48.2 Å². The van der Waals surface area contributed by atoms with Crippen LogP contribution in [0.1, 0.15) is 5.69 Å². The average Bonchev–Trinajstić information content (AvgIpc) is 2.38. The Morgan fingerprint density at radius 1 is 1.22 bits per heavy atom. The van der Waals surface area contributed by atoms with Crippen molar-refractivity contribution in [2.45, 2.75) is 11.6 Å². The fourth-order valence-corrected chi connectivity index (χ4v) is 2.23. The molecule has 0 aromatic carbocycles. The van der Waals surface area contributed by atoms with Crippen LogP contribution in [0.4, 0.5) is 4.39 Å². The summed E-state index contributed by atoms with van der Waals surface area (Å²) in [5, 5.41) is 6.68. The molecular weight excluding hydrogens is 259 g/mol. The standard InChI is InChI=1S/C10H9FN4O2S/c11-9-4-2-5-12-10(9)18(16,17)14-7-8-3-1-6-13-15-8/h1-6,14H,7H2. The molecule has 0 aliphatic carbocycles. The Labute approximate surface area is 103 Å². The molecule has 0 spiro atoms. The van der Waals surface area contributed by atoms with E-state index in [-0.39, 0.29) is 6.54 Å². The number of aromatic nitrogens is 3. The predicted molar refractivity (Wildman–Crippen MR) is 60.3 cm³/mol. The van der Waals surface area contributed by atoms with Crippen LogP contribution in [0.3, 0.4) is 0 Å². The Morgan fingerprint density at radius 3 is 2.67 bits per heavy atom. The van der Waals surface area contributed by atoms with Gasteiger partial charge in [0.1, 0.15) is 0 Å². The maximum absolute atomic E-state index is 13.3. The smallest absolute Gasteiger partial charge is 0.241 e. The lowest BCUT2D eigenvalue weighted by molar-refractivity contribution is 0.543. The van der Waals surface area contributed by atoms with E-state index in [0.717, 1.165) is 6.07 Å². The van der Waals surface area contributed by atoms with E-state index < -0.39 is 20.9 Å². The topological polar surface area (TPSA) is 84.8 Å². The molecule has 94 valence electrons. The summed E-state index contributed by atoms with van der Waals surface area (Å²) in [6, 6.07) is 5.57. The Kier molecular flexibility index (Phi) is 3.58. The molecule has 2 rings (SSSR count). The maximum atomic E-state index is 13.3. The van der Waals surface area contributed by atoms with Crippen LogP contribution in [0.5, 0.6) is 0 Å². The van der Waals surface area contributed by atoms with Crippen LogP contribution in [0.15, 0.2) is 41.7 Å². The van der Waals surface area contributed by atoms with E-state index in [2.05, 4.69) is 19.9 Å². The van der Waals surface area contributed by atoms with E-state index in [1.807, 2.05) is 0 Å². The average molecular weight is 268 g/mol. The molecule has 0 amide bonds. The summed E-state index contributed by atoms with van der Waals surface area (Å²) in [4.78, 5) is 3.50. The second kappa shape index (κ2) is 5.15. The van der Waals surface area contributed by atoms with E-state index in [4.69, 9.17) is 0 Å². The van der Waals surface area contributed by atoms with E-state index in [1.54, 1.807) is 12.1 Å². The Bertz CT molecular complexity index is 633. The predicted octanol–water partition coefficient (Wildman–Crippen LogP) is 0.489. The zero-order chi connectivity index (χ0) is 13.0. The molecule has 0 fully saturated rings. The van der Waals surface area contributed by atoms with Crippen LogP contribution in [-0.4, -0.2) is 23.6 Å². The minimum atomic E-state index is -3.99. The lowest BCUT2D eigenvalue weighted by Gasteiger charge is -2.05. The maximum Gasteiger partial charge on any atom is 0.261 e. The molecule has 0 radical (unpaired) electrons. The summed E-state index contributed by atoms with van der Waals surface area (Å²) in [6.07, 6.45) is 2.68. The van der Waals surface area contributed by atoms with Gasteiger partial charge in [-0.1, -0.05) is 0 Å². The number of nitrogens with zero attached hydrogens (tertiary/aromatic N) is 3. The molecule has 6 nitrogen and oxygen atoms in total. The highest BCUT2D eigenvalue weighted by Gasteiger charge is 2.20. The highest BCUT2D eigenvalue weighted by molar-refractivity contribution is 7.89. The van der Waals surface area contributed by atoms with E-state index in [0.29, 0.717) is 5.69 Å². The second-order valence-corrected chi connectivity index (χ2v) is 5.01. The third kappa shape index (κ3) is 2.84. The number of rotatable bonds is 4. The largest absolute Gasteiger partial charge is 0.261 e. The number of pyridine rings is 1. The van der Waals surface area contributed by atoms with Crippen molar-refractivity contribution in [3.8, 4) is 0 Å². The minimum Gasteiger partial charge on any atom is -0.241 e. The van der Waals surface area contributed by atoms with Crippen molar-refractivity contribution < 1.29 is 12.8 Å². The van der Waals surface area contributed by atoms with Gasteiger partial charge in [-0.2, -0.15) is 10.2 Å². The highest BCUT2D eigenvalue weighted by Crippen LogP contribution is 2.09. The van der Waals surface area contributed by atoms with Gasteiger partial charge in [0, 0.05) is 12.4 Å². The molecule has 0 saturated carbocycles. The van der Waals surface area contributed by atoms with E-state index >= 15 is 0 Å². The van der Waals surface area contributed by atoms with Crippen molar-refractivity contribution in [1.82, 2.24) is 19.9 Å². The van der Waals surface area contributed by atoms with Gasteiger partial charge >= 0.3 is 0 Å². The van der Waals surface area contributed by atoms with Crippen molar-refractivity contribution in [1.29, 1.82) is 0 Å². The third-order valence-electron chi connectivity index (χ3n) is 2.05. The fourth-order valence-electron chi connectivity index (χ4n) is 1.23. The van der Waals surface area contributed by atoms with Gasteiger partial charge in [0.25, 0.3) is 10.0 Å². The molecule has 2 heterocycles. The van der Waals surface area contributed by atoms with Crippen molar-refractivity contribution in [2.75, 3.05) is 0 Å². The molecule has 0 atom stereocenters. The van der Waals surface area contributed by atoms with Gasteiger partial charge in [-0.05, 0) is 24.3 Å². The second-order valence-electron chi connectivity index (χ2n) is 3.33. The molecule has 0 aliphatic heterocycles. The highest BCUT2D eigenvalue weighted by atomic mass is 32.2. The minimum absolute atomic E-state index is 0.0772. The summed E-state index contributed by atoms with van der Waals surface area (Å²) in [7, 11) is -3.99. The number of nitrogens with one attached hydrogen (secondary N) is 1. The Morgan fingerprint density at radius 2 is 2.00 bits per heavy atom. The number of hydrogen-bond acceptors (Lipinski definition) is 5. The van der Waals surface area contributed by atoms with Crippen molar-refractivity contribution in [3.63, 3.8) is 0 Å². The molecule has 1 N–H and O–H groups in total. The molecule has 2 aromatic rings. The molecule has 18 heavy (non-hydrogen) atoms. The van der Waals surface area contributed by atoms with Crippen LogP contribution in [0, 0.1) is 5.82 Å². The van der Waals surface area contributed by atoms with Gasteiger partial charge in [-0.3, -0.25) is 0 Å². The lowest BCUT2D eigenvalue weighted by Crippen LogP contribution is -2.25. The van der Waals surface area contributed by atoms with Gasteiger partial charge in [-0.15, -0.1) is 0 Å². The van der Waals surface area contributed by atoms with E-state index in [1.165, 1.54) is 18.5 Å². The fraction of sp³-hybridized carbons (Fsp3) is 0.100. The summed E-state index contributed by atoms with van der Waals surface area (Å²) >= 11 is 0. The quantitative estimate of drug-likeness (QED) is 0.872. The van der Waals surface area contributed by atoms with Gasteiger partial charge < -0.3 is 0 Å². The number of hydrogen-bond donors (Lipinski definition) is 1. The van der Waals surface area contributed by atoms with Crippen molar-refractivity contribution in [2.24, 2.45) is 0 Å². The molecule has 2 aromatic heterocycles. The lowest BCUT2D eigenvalue weighted by atomic mass is 10.4. The first kappa shape index (κ1) is 12.5. The van der Waals surface area contributed by atoms with Crippen molar-refractivity contribution >= 4 is 10.0 Å². The van der Waals surface area contributed by atoms with Gasteiger partial charge in [-0.25, -0.2) is 22.5 Å². The molecule has 0 bridgehead atoms. The van der Waals surface area contributed by atoms with Gasteiger partial charge in [0.2, 0.25) is 5.03 Å². The Hall–Kier alpha value is -1.93.